The molecule has 2 heterocycles. The zero-order chi connectivity index (χ0) is 48.0. The van der Waals surface area contributed by atoms with Gasteiger partial charge in [0.25, 0.3) is 0 Å². The lowest BCUT2D eigenvalue weighted by molar-refractivity contribution is -0.150. The fourth-order valence-electron chi connectivity index (χ4n) is 10.6. The number of nitrogens with zero attached hydrogens (tertiary/aromatic N) is 1. The number of rotatable bonds is 11. The summed E-state index contributed by atoms with van der Waals surface area (Å²) in [5.41, 5.74) is 2.82. The Balaban J connectivity index is 0.000000188. The molecule has 9 nitrogen and oxygen atoms in total. The molecule has 8 rings (SSSR count). The second-order valence-electron chi connectivity index (χ2n) is 21.7. The summed E-state index contributed by atoms with van der Waals surface area (Å²) in [6.45, 7) is 23.5. The molecular weight excluding hydrogens is 837 g/mol. The number of carbonyl (C=O) groups excluding carboxylic acids is 3. The number of likely N-dealkylation sites (tertiary alicyclic amines) is 1. The molecule has 366 valence electrons. The Bertz CT molecular complexity index is 2180. The first kappa shape index (κ1) is 51.9. The van der Waals surface area contributed by atoms with Gasteiger partial charge in [0, 0.05) is 22.9 Å². The van der Waals surface area contributed by atoms with E-state index in [9.17, 15) is 14.4 Å². The molecule has 0 atom stereocenters. The van der Waals surface area contributed by atoms with Gasteiger partial charge in [-0.3, -0.25) is 19.3 Å². The number of hydrogen-bond acceptors (Lipinski definition) is 9. The molecule has 4 aromatic rings. The number of aldehydes is 1. The number of benzene rings is 4. The van der Waals surface area contributed by atoms with Crippen LogP contribution in [0.1, 0.15) is 148 Å². The Hall–Kier alpha value is -4.47. The van der Waals surface area contributed by atoms with E-state index in [0.29, 0.717) is 41.8 Å². The van der Waals surface area contributed by atoms with E-state index in [1.54, 1.807) is 0 Å². The highest BCUT2D eigenvalue weighted by Crippen LogP contribution is 2.41. The first-order valence-corrected chi connectivity index (χ1v) is 25.7. The Morgan fingerprint density at radius 1 is 0.597 bits per heavy atom. The number of carbonyl (C=O) groups is 3. The highest BCUT2D eigenvalue weighted by Gasteiger charge is 2.32. The fraction of sp³-hybridized carbons (Fsp3) is 0.603. The van der Waals surface area contributed by atoms with E-state index in [1.807, 2.05) is 50.2 Å². The maximum atomic E-state index is 12.0. The third kappa shape index (κ3) is 15.3. The molecule has 2 saturated heterocycles. The summed E-state index contributed by atoms with van der Waals surface area (Å²) in [6.07, 6.45) is 14.7. The topological polar surface area (TPSA) is 103 Å². The molecule has 2 saturated carbocycles. The van der Waals surface area contributed by atoms with Crippen LogP contribution in [0.25, 0.3) is 21.5 Å². The smallest absolute Gasteiger partial charge is 0.309 e. The van der Waals surface area contributed by atoms with Crippen molar-refractivity contribution in [2.45, 2.75) is 151 Å². The van der Waals surface area contributed by atoms with E-state index in [-0.39, 0.29) is 23.8 Å². The molecule has 9 heteroatoms. The molecule has 0 radical (unpaired) electrons. The molecule has 0 spiro atoms. The third-order valence-electron chi connectivity index (χ3n) is 14.9. The highest BCUT2D eigenvalue weighted by molar-refractivity contribution is 5.93. The first-order chi connectivity index (χ1) is 32.1. The van der Waals surface area contributed by atoms with Gasteiger partial charge < -0.3 is 24.3 Å². The van der Waals surface area contributed by atoms with Crippen molar-refractivity contribution in [3.8, 4) is 11.5 Å². The maximum Gasteiger partial charge on any atom is 0.309 e. The lowest BCUT2D eigenvalue weighted by Gasteiger charge is -2.37. The largest absolute Gasteiger partial charge is 0.490 e. The molecule has 0 amide bonds. The molecule has 1 N–H and O–H groups in total. The van der Waals surface area contributed by atoms with E-state index < -0.39 is 0 Å². The van der Waals surface area contributed by atoms with Crippen LogP contribution in [-0.4, -0.2) is 74.7 Å². The van der Waals surface area contributed by atoms with E-state index >= 15 is 0 Å². The second kappa shape index (κ2) is 24.7. The van der Waals surface area contributed by atoms with Gasteiger partial charge in [-0.2, -0.15) is 0 Å². The molecule has 4 aliphatic rings. The van der Waals surface area contributed by atoms with Gasteiger partial charge in [0.1, 0.15) is 17.8 Å². The Morgan fingerprint density at radius 3 is 1.52 bits per heavy atom. The van der Waals surface area contributed by atoms with Crippen molar-refractivity contribution in [2.75, 3.05) is 39.4 Å². The summed E-state index contributed by atoms with van der Waals surface area (Å²) >= 11 is 0. The van der Waals surface area contributed by atoms with Gasteiger partial charge in [-0.05, 0) is 186 Å². The zero-order valence-corrected chi connectivity index (χ0v) is 42.2. The molecule has 0 bridgehead atoms. The summed E-state index contributed by atoms with van der Waals surface area (Å²) in [7, 11) is 0. The minimum atomic E-state index is -0.0257. The van der Waals surface area contributed by atoms with Crippen LogP contribution >= 0.6 is 0 Å². The monoisotopic (exact) mass is 919 g/mol. The molecule has 0 unspecified atom stereocenters. The number of piperidine rings is 2. The minimum absolute atomic E-state index is 0.0194. The van der Waals surface area contributed by atoms with Crippen LogP contribution in [0.5, 0.6) is 11.5 Å². The van der Waals surface area contributed by atoms with Crippen LogP contribution in [0.4, 0.5) is 0 Å². The number of fused-ring (bicyclic) bond motifs is 2. The van der Waals surface area contributed by atoms with Crippen LogP contribution in [-0.2, 0) is 25.6 Å². The molecule has 67 heavy (non-hydrogen) atoms. The summed E-state index contributed by atoms with van der Waals surface area (Å²) in [5.74, 6) is 3.73. The van der Waals surface area contributed by atoms with E-state index in [1.165, 1.54) is 42.0 Å². The quantitative estimate of drug-likeness (QED) is 0.116. The van der Waals surface area contributed by atoms with Gasteiger partial charge in [-0.1, -0.05) is 84.0 Å². The Labute approximate surface area is 402 Å². The SMILES string of the molecule is CC(C)(C)C1CCC(Oc2cccc3cc(C=O)ccc23)CC1.CCOC(=O)C1CCN(Cc2ccc3c(OC4CCC(C(C)(C)C)CC4)cccc3c2)CC1.CCOC(=O)C1CCNCC1. The zero-order valence-electron chi connectivity index (χ0n) is 42.2. The Kier molecular flexibility index (Phi) is 19.1. The molecule has 4 fully saturated rings. The van der Waals surface area contributed by atoms with Crippen LogP contribution in [0, 0.1) is 34.5 Å². The van der Waals surface area contributed by atoms with E-state index in [4.69, 9.17) is 18.9 Å². The fourth-order valence-corrected chi connectivity index (χ4v) is 10.6. The predicted molar refractivity (Wildman–Crippen MR) is 272 cm³/mol. The van der Waals surface area contributed by atoms with Crippen molar-refractivity contribution < 1.29 is 33.3 Å². The van der Waals surface area contributed by atoms with Gasteiger partial charge >= 0.3 is 11.9 Å². The lowest BCUT2D eigenvalue weighted by Crippen LogP contribution is -2.36. The summed E-state index contributed by atoms with van der Waals surface area (Å²) < 4.78 is 22.9. The van der Waals surface area contributed by atoms with Crippen LogP contribution < -0.4 is 14.8 Å². The molecular formula is C58H82N2O7. The van der Waals surface area contributed by atoms with Crippen molar-refractivity contribution in [2.24, 2.45) is 34.5 Å². The summed E-state index contributed by atoms with van der Waals surface area (Å²) in [5, 5.41) is 7.82. The second-order valence-corrected chi connectivity index (χ2v) is 21.7. The standard InChI is InChI=1S/C29H41NO3.C21H26O2.C8H15NO2/c1-5-32-28(31)22-15-17-30(18-16-22)20-21-9-14-26-23(19-21)7-6-8-27(26)33-25-12-10-24(11-13-25)29(2,3)4;1-21(2,3)17-8-10-18(11-9-17)23-20-6-4-5-16-13-15(14-22)7-12-19(16)20;1-2-11-8(10)7-3-5-9-6-4-7/h6-9,14,19,22,24-25H,5,10-13,15-18,20H2,1-4H3;4-7,12-14,17-18H,8-11H2,1-3H3;7,9H,2-6H2,1H3. The highest BCUT2D eigenvalue weighted by atomic mass is 16.5. The summed E-state index contributed by atoms with van der Waals surface area (Å²) in [6, 6.07) is 25.1. The van der Waals surface area contributed by atoms with Gasteiger partial charge in [0.2, 0.25) is 0 Å². The minimum Gasteiger partial charge on any atom is -0.490 e. The average Bonchev–Trinajstić information content (AvgIpc) is 3.32. The number of hydrogen-bond donors (Lipinski definition) is 1. The van der Waals surface area contributed by atoms with Crippen molar-refractivity contribution in [1.29, 1.82) is 0 Å². The summed E-state index contributed by atoms with van der Waals surface area (Å²) in [4.78, 5) is 36.5. The van der Waals surface area contributed by atoms with Gasteiger partial charge in [-0.25, -0.2) is 0 Å². The van der Waals surface area contributed by atoms with Crippen molar-refractivity contribution in [3.63, 3.8) is 0 Å². The predicted octanol–water partition coefficient (Wildman–Crippen LogP) is 12.8. The van der Waals surface area contributed by atoms with Crippen LogP contribution in [0.3, 0.4) is 0 Å². The molecule has 2 aliphatic heterocycles. The molecule has 2 aliphatic carbocycles. The molecule has 0 aromatic heterocycles. The maximum absolute atomic E-state index is 12.0. The van der Waals surface area contributed by atoms with Crippen LogP contribution in [0.15, 0.2) is 72.8 Å². The van der Waals surface area contributed by atoms with Gasteiger partial charge in [0.15, 0.2) is 0 Å². The lowest BCUT2D eigenvalue weighted by atomic mass is 9.72. The normalized spacial score (nSPS) is 22.1. The van der Waals surface area contributed by atoms with Gasteiger partial charge in [-0.15, -0.1) is 0 Å². The first-order valence-electron chi connectivity index (χ1n) is 25.7. The average molecular weight is 919 g/mol. The van der Waals surface area contributed by atoms with Crippen molar-refractivity contribution >= 4 is 39.8 Å². The number of esters is 2. The van der Waals surface area contributed by atoms with Gasteiger partial charge in [0.05, 0.1) is 37.3 Å². The van der Waals surface area contributed by atoms with E-state index in [0.717, 1.165) is 124 Å². The van der Waals surface area contributed by atoms with Crippen molar-refractivity contribution in [3.05, 3.63) is 83.9 Å². The number of ether oxygens (including phenoxy) is 4. The van der Waals surface area contributed by atoms with E-state index in [2.05, 4.69) is 88.2 Å². The Morgan fingerprint density at radius 2 is 1.06 bits per heavy atom. The third-order valence-corrected chi connectivity index (χ3v) is 14.9. The van der Waals surface area contributed by atoms with Crippen molar-refractivity contribution in [1.82, 2.24) is 10.2 Å². The number of nitrogens with one attached hydrogen (secondary N) is 1. The molecule has 4 aromatic carbocycles. The van der Waals surface area contributed by atoms with Crippen LogP contribution in [0.2, 0.25) is 0 Å².